The molecule has 0 saturated carbocycles. The molecule has 61 heavy (non-hydrogen) atoms. The summed E-state index contributed by atoms with van der Waals surface area (Å²) in [7, 11) is 2.94. The lowest BCUT2D eigenvalue weighted by molar-refractivity contribution is 0.0599. The predicted molar refractivity (Wildman–Crippen MR) is 235 cm³/mol. The van der Waals surface area contributed by atoms with E-state index in [-0.39, 0.29) is 16.5 Å². The molecule has 0 aliphatic heterocycles. The Hall–Kier alpha value is -7.00. The Morgan fingerprint density at radius 3 is 1.28 bits per heavy atom. The summed E-state index contributed by atoms with van der Waals surface area (Å²) < 4.78 is 27.4. The van der Waals surface area contributed by atoms with Crippen molar-refractivity contribution in [3.63, 3.8) is 0 Å². The fraction of sp³-hybridized carbons (Fsp3) is 0.231. The average molecular weight is 819 g/mol. The topological polar surface area (TPSA) is 114 Å². The monoisotopic (exact) mass is 818 g/mol. The third-order valence-electron chi connectivity index (χ3n) is 11.3. The highest BCUT2D eigenvalue weighted by molar-refractivity contribution is 5.96. The molecule has 0 aromatic heterocycles. The van der Waals surface area contributed by atoms with Gasteiger partial charge in [0.2, 0.25) is 0 Å². The van der Waals surface area contributed by atoms with Gasteiger partial charge in [-0.2, -0.15) is 0 Å². The van der Waals surface area contributed by atoms with E-state index in [0.29, 0.717) is 28.4 Å². The smallest absolute Gasteiger partial charge is 0.343 e. The molecule has 0 heterocycles. The third-order valence-corrected chi connectivity index (χ3v) is 11.3. The van der Waals surface area contributed by atoms with Crippen LogP contribution in [0, 0.1) is 27.7 Å². The Labute approximate surface area is 357 Å². The molecule has 6 aromatic rings. The van der Waals surface area contributed by atoms with Gasteiger partial charge in [-0.1, -0.05) is 82.3 Å². The van der Waals surface area contributed by atoms with Crippen molar-refractivity contribution in [1.82, 2.24) is 0 Å². The first-order valence-electron chi connectivity index (χ1n) is 19.9. The molecule has 0 unspecified atom stereocenters. The number of carbonyl (C=O) groups is 4. The SMILES string of the molecule is COC(=O)c1cccc(C(=O)Oc2ccc(C(C)(C)c3ccc(OC(=O)c4ccc(OC(=O)c5ccc(C(C)(C)c6ccc(OC)c(C)c6)cc5C)cc4)c(C)c3)cc2C)c1. The molecule has 0 bridgehead atoms. The molecular weight excluding hydrogens is 769 g/mol. The molecule has 9 nitrogen and oxygen atoms in total. The molecule has 9 heteroatoms. The minimum Gasteiger partial charge on any atom is -0.496 e. The maximum Gasteiger partial charge on any atom is 0.343 e. The van der Waals surface area contributed by atoms with Crippen LogP contribution in [0.1, 0.15) is 114 Å². The number of hydrogen-bond acceptors (Lipinski definition) is 9. The maximum atomic E-state index is 13.3. The van der Waals surface area contributed by atoms with E-state index in [1.54, 1.807) is 67.8 Å². The first-order chi connectivity index (χ1) is 28.9. The molecule has 6 aromatic carbocycles. The molecule has 0 atom stereocenters. The zero-order valence-electron chi connectivity index (χ0n) is 36.2. The number of hydrogen-bond donors (Lipinski definition) is 0. The molecule has 0 saturated heterocycles. The van der Waals surface area contributed by atoms with Crippen LogP contribution < -0.4 is 18.9 Å². The average Bonchev–Trinajstić information content (AvgIpc) is 3.24. The van der Waals surface area contributed by atoms with Gasteiger partial charge in [-0.25, -0.2) is 19.2 Å². The Morgan fingerprint density at radius 1 is 0.410 bits per heavy atom. The molecular formula is C52H50O9. The third kappa shape index (κ3) is 9.42. The standard InChI is InChI=1S/C52H50O9/c1-31-26-38(51(5,6)39-17-23-44(57-9)32(2)27-39)16-22-43(31)50(56)59-42-20-14-35(15-21-42)48(54)60-45-24-18-40(28-33(45)3)52(7,8)41-19-25-46(34(4)29-41)61-49(55)37-13-11-12-36(30-37)47(53)58-10/h11-30H,1-10H3. The highest BCUT2D eigenvalue weighted by atomic mass is 16.5. The number of methoxy groups -OCH3 is 2. The fourth-order valence-electron chi connectivity index (χ4n) is 7.22. The largest absolute Gasteiger partial charge is 0.496 e. The van der Waals surface area contributed by atoms with Crippen molar-refractivity contribution in [3.05, 3.63) is 188 Å². The molecule has 0 fully saturated rings. The molecule has 0 spiro atoms. The van der Waals surface area contributed by atoms with Crippen LogP contribution >= 0.6 is 0 Å². The summed E-state index contributed by atoms with van der Waals surface area (Å²) in [6, 6.07) is 35.7. The summed E-state index contributed by atoms with van der Waals surface area (Å²) in [4.78, 5) is 51.4. The normalized spacial score (nSPS) is 11.4. The van der Waals surface area contributed by atoms with Gasteiger partial charge in [0.1, 0.15) is 23.0 Å². The van der Waals surface area contributed by atoms with Crippen LogP contribution in [-0.2, 0) is 15.6 Å². The second-order valence-corrected chi connectivity index (χ2v) is 16.2. The van der Waals surface area contributed by atoms with E-state index < -0.39 is 29.3 Å². The Bertz CT molecular complexity index is 2650. The maximum absolute atomic E-state index is 13.3. The van der Waals surface area contributed by atoms with Crippen molar-refractivity contribution in [2.45, 2.75) is 66.2 Å². The zero-order chi connectivity index (χ0) is 44.2. The van der Waals surface area contributed by atoms with Gasteiger partial charge in [0.15, 0.2) is 0 Å². The lowest BCUT2D eigenvalue weighted by Gasteiger charge is -2.27. The van der Waals surface area contributed by atoms with Gasteiger partial charge < -0.3 is 23.7 Å². The number of ether oxygens (including phenoxy) is 5. The number of esters is 4. The van der Waals surface area contributed by atoms with Gasteiger partial charge in [-0.15, -0.1) is 0 Å². The molecule has 6 rings (SSSR count). The van der Waals surface area contributed by atoms with Crippen molar-refractivity contribution in [3.8, 4) is 23.0 Å². The van der Waals surface area contributed by atoms with Crippen molar-refractivity contribution in [2.24, 2.45) is 0 Å². The first-order valence-corrected chi connectivity index (χ1v) is 19.9. The molecule has 0 aliphatic rings. The van der Waals surface area contributed by atoms with E-state index in [0.717, 1.165) is 50.3 Å². The van der Waals surface area contributed by atoms with Gasteiger partial charge in [0.05, 0.1) is 36.5 Å². The van der Waals surface area contributed by atoms with Gasteiger partial charge in [-0.3, -0.25) is 0 Å². The minimum absolute atomic E-state index is 0.232. The molecule has 0 radical (unpaired) electrons. The van der Waals surface area contributed by atoms with Crippen LogP contribution in [-0.4, -0.2) is 38.1 Å². The zero-order valence-corrected chi connectivity index (χ0v) is 36.2. The van der Waals surface area contributed by atoms with E-state index in [2.05, 4.69) is 39.8 Å². The Morgan fingerprint density at radius 2 is 0.836 bits per heavy atom. The van der Waals surface area contributed by atoms with Crippen LogP contribution in [0.5, 0.6) is 23.0 Å². The predicted octanol–water partition coefficient (Wildman–Crippen LogP) is 11.0. The molecule has 312 valence electrons. The van der Waals surface area contributed by atoms with Crippen molar-refractivity contribution in [2.75, 3.05) is 14.2 Å². The summed E-state index contributed by atoms with van der Waals surface area (Å²) >= 11 is 0. The second kappa shape index (κ2) is 17.7. The summed E-state index contributed by atoms with van der Waals surface area (Å²) in [5.41, 5.74) is 8.00. The molecule has 0 N–H and O–H groups in total. The van der Waals surface area contributed by atoms with Gasteiger partial charge in [-0.05, 0) is 139 Å². The number of rotatable bonds is 12. The Balaban J connectivity index is 1.08. The lowest BCUT2D eigenvalue weighted by atomic mass is 9.77. The summed E-state index contributed by atoms with van der Waals surface area (Å²) in [6.45, 7) is 16.1. The Kier molecular flexibility index (Phi) is 12.6. The van der Waals surface area contributed by atoms with E-state index >= 15 is 0 Å². The van der Waals surface area contributed by atoms with Crippen molar-refractivity contribution in [1.29, 1.82) is 0 Å². The van der Waals surface area contributed by atoms with E-state index in [9.17, 15) is 19.2 Å². The van der Waals surface area contributed by atoms with Crippen LogP contribution in [0.25, 0.3) is 0 Å². The van der Waals surface area contributed by atoms with Gasteiger partial charge >= 0.3 is 23.9 Å². The number of carbonyl (C=O) groups excluding carboxylic acids is 4. The fourth-order valence-corrected chi connectivity index (χ4v) is 7.22. The lowest BCUT2D eigenvalue weighted by Crippen LogP contribution is -2.20. The van der Waals surface area contributed by atoms with E-state index in [1.807, 2.05) is 70.2 Å². The van der Waals surface area contributed by atoms with Crippen LogP contribution in [0.2, 0.25) is 0 Å². The number of benzene rings is 6. The number of aryl methyl sites for hydroxylation is 4. The highest BCUT2D eigenvalue weighted by Crippen LogP contribution is 2.37. The van der Waals surface area contributed by atoms with Crippen molar-refractivity contribution < 1.29 is 42.9 Å². The van der Waals surface area contributed by atoms with Crippen LogP contribution in [0.3, 0.4) is 0 Å². The summed E-state index contributed by atoms with van der Waals surface area (Å²) in [5, 5.41) is 0. The highest BCUT2D eigenvalue weighted by Gasteiger charge is 2.27. The quantitative estimate of drug-likeness (QED) is 0.0879. The first kappa shape index (κ1) is 43.6. The van der Waals surface area contributed by atoms with Crippen LogP contribution in [0.15, 0.2) is 121 Å². The minimum atomic E-state index is -0.588. The molecule has 0 aliphatic carbocycles. The van der Waals surface area contributed by atoms with E-state index in [1.165, 1.54) is 13.2 Å². The van der Waals surface area contributed by atoms with E-state index in [4.69, 9.17) is 23.7 Å². The van der Waals surface area contributed by atoms with Gasteiger partial charge in [0.25, 0.3) is 0 Å². The molecule has 0 amide bonds. The summed E-state index contributed by atoms with van der Waals surface area (Å²) in [5.74, 6) is -0.219. The van der Waals surface area contributed by atoms with Crippen molar-refractivity contribution >= 4 is 23.9 Å². The second-order valence-electron chi connectivity index (χ2n) is 16.2. The van der Waals surface area contributed by atoms with Gasteiger partial charge in [0, 0.05) is 10.8 Å². The van der Waals surface area contributed by atoms with Crippen LogP contribution in [0.4, 0.5) is 0 Å². The summed E-state index contributed by atoms with van der Waals surface area (Å²) in [6.07, 6.45) is 0.